The summed E-state index contributed by atoms with van der Waals surface area (Å²) in [6.07, 6.45) is 0. The Morgan fingerprint density at radius 2 is 1.77 bits per heavy atom. The minimum atomic E-state index is -0.0796. The number of rotatable bonds is 0. The van der Waals surface area contributed by atoms with Crippen molar-refractivity contribution in [2.75, 3.05) is 0 Å². The van der Waals surface area contributed by atoms with Crippen LogP contribution in [0.25, 0.3) is 10.9 Å². The van der Waals surface area contributed by atoms with Gasteiger partial charge < -0.3 is 10.2 Å². The van der Waals surface area contributed by atoms with E-state index in [4.69, 9.17) is 5.11 Å². The van der Waals surface area contributed by atoms with Crippen LogP contribution in [0.15, 0.2) is 30.3 Å². The van der Waals surface area contributed by atoms with Gasteiger partial charge in [0.1, 0.15) is 11.3 Å². The molecule has 2 N–H and O–H groups in total. The van der Waals surface area contributed by atoms with E-state index in [2.05, 4.69) is 4.98 Å². The molecule has 1 aromatic carbocycles. The van der Waals surface area contributed by atoms with Crippen LogP contribution in [-0.2, 0) is 0 Å². The second-order valence-corrected chi connectivity index (χ2v) is 2.52. The van der Waals surface area contributed by atoms with Crippen molar-refractivity contribution >= 4 is 30.7 Å². The van der Waals surface area contributed by atoms with E-state index in [0.29, 0.717) is 5.52 Å². The molecule has 0 aliphatic carbocycles. The van der Waals surface area contributed by atoms with Crippen LogP contribution in [0.5, 0.6) is 11.6 Å². The fraction of sp³-hybridized carbons (Fsp3) is 0. The molecule has 1 aromatic heterocycles. The molecule has 0 saturated carbocycles. The van der Waals surface area contributed by atoms with Gasteiger partial charge in [0.25, 0.3) is 0 Å². The van der Waals surface area contributed by atoms with E-state index >= 15 is 0 Å². The standard InChI is InChI=1S/C9H7NO2.Ga.3H/c11-7-3-1-2-6-4-5-8(12)10-9(6)7;;;;/h1-5,11H,(H,10,12);;;;. The monoisotopic (exact) mass is 233 g/mol. The normalized spacial score (nSPS) is 9.54. The molecule has 66 valence electrons. The Bertz CT molecular complexity index is 431. The number of nitrogens with zero attached hydrogens (tertiary/aromatic N) is 1. The van der Waals surface area contributed by atoms with Crippen LogP contribution in [0.4, 0.5) is 0 Å². The summed E-state index contributed by atoms with van der Waals surface area (Å²) in [7, 11) is 0. The van der Waals surface area contributed by atoms with E-state index in [-0.39, 0.29) is 31.4 Å². The SMILES string of the molecule is Oc1ccc2cccc(O)c2n1.[GaH3]. The zero-order chi connectivity index (χ0) is 8.55. The average molecular weight is 234 g/mol. The van der Waals surface area contributed by atoms with Crippen molar-refractivity contribution in [1.29, 1.82) is 0 Å². The molecule has 0 radical (unpaired) electrons. The number of para-hydroxylation sites is 1. The molecule has 0 aliphatic rings. The van der Waals surface area contributed by atoms with E-state index in [0.717, 1.165) is 5.39 Å². The Morgan fingerprint density at radius 3 is 2.54 bits per heavy atom. The fourth-order valence-electron chi connectivity index (χ4n) is 1.12. The molecule has 2 rings (SSSR count). The molecule has 4 heteroatoms. The van der Waals surface area contributed by atoms with Crippen molar-refractivity contribution in [3.63, 3.8) is 0 Å². The summed E-state index contributed by atoms with van der Waals surface area (Å²) in [5.74, 6) is 0.00685. The Kier molecular flexibility index (Phi) is 2.85. The Balaban J connectivity index is 0.000000845. The van der Waals surface area contributed by atoms with Gasteiger partial charge in [0.15, 0.2) is 0 Å². The van der Waals surface area contributed by atoms with Crippen molar-refractivity contribution in [2.45, 2.75) is 0 Å². The predicted molar refractivity (Wildman–Crippen MR) is 55.0 cm³/mol. The van der Waals surface area contributed by atoms with E-state index in [1.807, 2.05) is 6.07 Å². The van der Waals surface area contributed by atoms with E-state index < -0.39 is 0 Å². The number of phenolic OH excluding ortho intramolecular Hbond substituents is 1. The summed E-state index contributed by atoms with van der Waals surface area (Å²) in [5, 5.41) is 19.2. The first-order valence-corrected chi connectivity index (χ1v) is 3.55. The molecule has 0 spiro atoms. The van der Waals surface area contributed by atoms with Crippen LogP contribution in [0.3, 0.4) is 0 Å². The Morgan fingerprint density at radius 1 is 1.00 bits per heavy atom. The molecule has 1 heterocycles. The van der Waals surface area contributed by atoms with Crippen molar-refractivity contribution in [3.05, 3.63) is 30.3 Å². The molecular formula is C9H10GaNO2. The first kappa shape index (κ1) is 9.95. The molecule has 13 heavy (non-hydrogen) atoms. The van der Waals surface area contributed by atoms with Gasteiger partial charge in [-0.05, 0) is 12.1 Å². The number of fused-ring (bicyclic) bond motifs is 1. The van der Waals surface area contributed by atoms with Gasteiger partial charge in [0.2, 0.25) is 5.88 Å². The van der Waals surface area contributed by atoms with Crippen molar-refractivity contribution in [2.24, 2.45) is 0 Å². The maximum absolute atomic E-state index is 9.32. The number of benzene rings is 1. The van der Waals surface area contributed by atoms with E-state index in [1.54, 1.807) is 12.1 Å². The first-order valence-electron chi connectivity index (χ1n) is 3.55. The van der Waals surface area contributed by atoms with Gasteiger partial charge in [0.05, 0.1) is 0 Å². The molecule has 0 bridgehead atoms. The van der Waals surface area contributed by atoms with Crippen LogP contribution in [0.1, 0.15) is 0 Å². The third kappa shape index (κ3) is 1.79. The number of aromatic nitrogens is 1. The van der Waals surface area contributed by atoms with Crippen LogP contribution in [-0.4, -0.2) is 35.0 Å². The van der Waals surface area contributed by atoms with Gasteiger partial charge in [0, 0.05) is 11.5 Å². The molecule has 3 nitrogen and oxygen atoms in total. The summed E-state index contributed by atoms with van der Waals surface area (Å²) >= 11 is 0. The van der Waals surface area contributed by atoms with Gasteiger partial charge >= 0.3 is 19.8 Å². The van der Waals surface area contributed by atoms with Crippen molar-refractivity contribution < 1.29 is 10.2 Å². The molecule has 0 unspecified atom stereocenters. The average Bonchev–Trinajstić information content (AvgIpc) is 2.07. The summed E-state index contributed by atoms with van der Waals surface area (Å²) in [6.45, 7) is 0. The van der Waals surface area contributed by atoms with Crippen LogP contribution < -0.4 is 0 Å². The molecule has 0 atom stereocenters. The quantitative estimate of drug-likeness (QED) is 0.651. The summed E-state index contributed by atoms with van der Waals surface area (Å²) in [4.78, 5) is 3.78. The van der Waals surface area contributed by atoms with Gasteiger partial charge in [-0.2, -0.15) is 0 Å². The summed E-state index contributed by atoms with van der Waals surface area (Å²) in [6, 6.07) is 8.28. The van der Waals surface area contributed by atoms with Crippen LogP contribution in [0, 0.1) is 0 Å². The second-order valence-electron chi connectivity index (χ2n) is 2.52. The molecule has 0 aliphatic heterocycles. The number of aromatic hydroxyl groups is 2. The van der Waals surface area contributed by atoms with Gasteiger partial charge in [-0.1, -0.05) is 12.1 Å². The van der Waals surface area contributed by atoms with Crippen LogP contribution >= 0.6 is 0 Å². The Hall–Kier alpha value is -1.13. The zero-order valence-corrected chi connectivity index (χ0v) is 6.23. The fourth-order valence-corrected chi connectivity index (χ4v) is 1.12. The topological polar surface area (TPSA) is 53.4 Å². The van der Waals surface area contributed by atoms with Gasteiger partial charge in [-0.3, -0.25) is 0 Å². The van der Waals surface area contributed by atoms with Gasteiger partial charge in [-0.25, -0.2) is 4.98 Å². The Labute approximate surface area is 88.1 Å². The number of hydrogen-bond acceptors (Lipinski definition) is 3. The number of phenols is 1. The molecule has 0 fully saturated rings. The van der Waals surface area contributed by atoms with E-state index in [9.17, 15) is 5.11 Å². The molecular weight excluding hydrogens is 224 g/mol. The first-order chi connectivity index (χ1) is 5.77. The van der Waals surface area contributed by atoms with Crippen molar-refractivity contribution in [1.82, 2.24) is 4.98 Å². The van der Waals surface area contributed by atoms with Crippen LogP contribution in [0.2, 0.25) is 0 Å². The maximum atomic E-state index is 9.32. The molecule has 0 saturated heterocycles. The van der Waals surface area contributed by atoms with E-state index in [1.165, 1.54) is 12.1 Å². The second kappa shape index (κ2) is 3.72. The predicted octanol–water partition coefficient (Wildman–Crippen LogP) is 0.462. The third-order valence-corrected chi connectivity index (χ3v) is 1.68. The van der Waals surface area contributed by atoms with Gasteiger partial charge in [-0.15, -0.1) is 0 Å². The number of hydrogen-bond donors (Lipinski definition) is 2. The van der Waals surface area contributed by atoms with Crippen molar-refractivity contribution in [3.8, 4) is 11.6 Å². The zero-order valence-electron chi connectivity index (χ0n) is 6.23. The number of pyridine rings is 1. The minimum absolute atomic E-state index is 0. The molecule has 2 aromatic rings. The third-order valence-electron chi connectivity index (χ3n) is 1.68. The summed E-state index contributed by atoms with van der Waals surface area (Å²) < 4.78 is 0. The molecule has 0 amide bonds. The summed E-state index contributed by atoms with van der Waals surface area (Å²) in [5.41, 5.74) is 0.428.